The Kier molecular flexibility index (Phi) is 4.44. The maximum Gasteiger partial charge on any atom is 0.137 e. The quantitative estimate of drug-likeness (QED) is 0.837. The van der Waals surface area contributed by atoms with E-state index in [1.54, 1.807) is 0 Å². The monoisotopic (exact) mass is 267 g/mol. The number of halogens is 1. The average Bonchev–Trinajstić information content (AvgIpc) is 2.36. The largest absolute Gasteiger partial charge is 0.367 e. The van der Waals surface area contributed by atoms with Crippen LogP contribution in [0.2, 0.25) is 5.15 Å². The molecule has 4 heteroatoms. The van der Waals surface area contributed by atoms with Crippen LogP contribution in [0.25, 0.3) is 0 Å². The van der Waals surface area contributed by atoms with Gasteiger partial charge in [0.2, 0.25) is 0 Å². The molecular formula is C14H22ClN3. The fourth-order valence-electron chi connectivity index (χ4n) is 2.64. The lowest BCUT2D eigenvalue weighted by molar-refractivity contribution is 0.329. The first-order valence-electron chi connectivity index (χ1n) is 6.87. The Morgan fingerprint density at radius 3 is 2.44 bits per heavy atom. The van der Waals surface area contributed by atoms with E-state index in [0.29, 0.717) is 11.2 Å². The molecule has 1 N–H and O–H groups in total. The smallest absolute Gasteiger partial charge is 0.137 e. The van der Waals surface area contributed by atoms with Gasteiger partial charge in [0, 0.05) is 11.6 Å². The van der Waals surface area contributed by atoms with Gasteiger partial charge in [0.05, 0.1) is 0 Å². The molecule has 18 heavy (non-hydrogen) atoms. The first-order chi connectivity index (χ1) is 8.60. The summed E-state index contributed by atoms with van der Waals surface area (Å²) in [5, 5.41) is 4.10. The van der Waals surface area contributed by atoms with E-state index in [2.05, 4.69) is 22.2 Å². The summed E-state index contributed by atoms with van der Waals surface area (Å²) in [6.45, 7) is 6.14. The minimum absolute atomic E-state index is 0.539. The van der Waals surface area contributed by atoms with Gasteiger partial charge in [-0.1, -0.05) is 24.9 Å². The van der Waals surface area contributed by atoms with Crippen molar-refractivity contribution in [3.05, 3.63) is 16.5 Å². The lowest BCUT2D eigenvalue weighted by atomic mass is 9.84. The van der Waals surface area contributed by atoms with Crippen molar-refractivity contribution in [1.82, 2.24) is 9.97 Å². The van der Waals surface area contributed by atoms with E-state index in [1.807, 2.05) is 13.8 Å². The highest BCUT2D eigenvalue weighted by molar-refractivity contribution is 6.30. The van der Waals surface area contributed by atoms with Crippen LogP contribution in [0.3, 0.4) is 0 Å². The normalized spacial score (nSPS) is 24.0. The van der Waals surface area contributed by atoms with Gasteiger partial charge in [0.1, 0.15) is 16.8 Å². The van der Waals surface area contributed by atoms with Gasteiger partial charge in [-0.3, -0.25) is 0 Å². The molecule has 0 unspecified atom stereocenters. The van der Waals surface area contributed by atoms with E-state index >= 15 is 0 Å². The van der Waals surface area contributed by atoms with Crippen molar-refractivity contribution in [3.8, 4) is 0 Å². The average molecular weight is 268 g/mol. The summed E-state index contributed by atoms with van der Waals surface area (Å²) in [7, 11) is 0. The number of hydrogen-bond acceptors (Lipinski definition) is 3. The second-order valence-electron chi connectivity index (χ2n) is 5.31. The van der Waals surface area contributed by atoms with Crippen LogP contribution in [0.1, 0.15) is 50.4 Å². The zero-order valence-corrected chi connectivity index (χ0v) is 12.2. The number of aryl methyl sites for hydroxylation is 1. The lowest BCUT2D eigenvalue weighted by Gasteiger charge is -2.29. The fraction of sp³-hybridized carbons (Fsp3) is 0.714. The molecule has 0 bridgehead atoms. The maximum absolute atomic E-state index is 6.09. The molecule has 1 heterocycles. The molecule has 1 aromatic heterocycles. The third kappa shape index (κ3) is 3.14. The molecule has 100 valence electrons. The van der Waals surface area contributed by atoms with Crippen LogP contribution >= 0.6 is 11.6 Å². The van der Waals surface area contributed by atoms with E-state index in [9.17, 15) is 0 Å². The number of nitrogens with zero attached hydrogens (tertiary/aromatic N) is 2. The van der Waals surface area contributed by atoms with Crippen molar-refractivity contribution in [1.29, 1.82) is 0 Å². The van der Waals surface area contributed by atoms with Crippen molar-refractivity contribution in [2.24, 2.45) is 5.92 Å². The van der Waals surface area contributed by atoms with Crippen LogP contribution in [0, 0.1) is 19.8 Å². The Hall–Kier alpha value is -0.830. The Labute approximate surface area is 114 Å². The summed E-state index contributed by atoms with van der Waals surface area (Å²) in [6, 6.07) is 0.539. The summed E-state index contributed by atoms with van der Waals surface area (Å²) in [6.07, 6.45) is 6.43. The molecule has 1 aromatic rings. The standard InChI is InChI=1S/C14H22ClN3/c1-4-11-5-7-12(8-6-11)18-14-9(2)13(15)16-10(3)17-14/h11-12H,4-8H2,1-3H3,(H,16,17,18). The highest BCUT2D eigenvalue weighted by atomic mass is 35.5. The zero-order valence-electron chi connectivity index (χ0n) is 11.5. The van der Waals surface area contributed by atoms with Crippen molar-refractivity contribution in [2.75, 3.05) is 5.32 Å². The number of rotatable bonds is 3. The highest BCUT2D eigenvalue weighted by Gasteiger charge is 2.21. The SMILES string of the molecule is CCC1CCC(Nc2nc(C)nc(Cl)c2C)CC1. The maximum atomic E-state index is 6.09. The summed E-state index contributed by atoms with van der Waals surface area (Å²) in [4.78, 5) is 8.63. The molecule has 0 radical (unpaired) electrons. The number of anilines is 1. The predicted molar refractivity (Wildman–Crippen MR) is 76.2 cm³/mol. The van der Waals surface area contributed by atoms with Gasteiger partial charge >= 0.3 is 0 Å². The van der Waals surface area contributed by atoms with Crippen molar-refractivity contribution in [3.63, 3.8) is 0 Å². The minimum atomic E-state index is 0.539. The topological polar surface area (TPSA) is 37.8 Å². The number of nitrogens with one attached hydrogen (secondary N) is 1. The van der Waals surface area contributed by atoms with Crippen LogP contribution in [0.5, 0.6) is 0 Å². The van der Waals surface area contributed by atoms with Crippen LogP contribution in [0.4, 0.5) is 5.82 Å². The molecular weight excluding hydrogens is 246 g/mol. The van der Waals surface area contributed by atoms with E-state index in [1.165, 1.54) is 32.1 Å². The van der Waals surface area contributed by atoms with Gasteiger partial charge < -0.3 is 5.32 Å². The summed E-state index contributed by atoms with van der Waals surface area (Å²) in [5.41, 5.74) is 0.958. The van der Waals surface area contributed by atoms with Gasteiger partial charge in [-0.2, -0.15) is 0 Å². The van der Waals surface area contributed by atoms with Gasteiger partial charge in [-0.15, -0.1) is 0 Å². The van der Waals surface area contributed by atoms with Crippen molar-refractivity contribution >= 4 is 17.4 Å². The molecule has 0 amide bonds. The molecule has 1 aliphatic carbocycles. The lowest BCUT2D eigenvalue weighted by Crippen LogP contribution is -2.27. The van der Waals surface area contributed by atoms with Crippen molar-refractivity contribution < 1.29 is 0 Å². The second-order valence-corrected chi connectivity index (χ2v) is 5.66. The third-order valence-corrected chi connectivity index (χ3v) is 4.33. The molecule has 1 fully saturated rings. The first kappa shape index (κ1) is 13.6. The molecule has 0 aromatic carbocycles. The Morgan fingerprint density at radius 1 is 1.17 bits per heavy atom. The molecule has 2 rings (SSSR count). The summed E-state index contributed by atoms with van der Waals surface area (Å²) < 4.78 is 0. The highest BCUT2D eigenvalue weighted by Crippen LogP contribution is 2.29. The van der Waals surface area contributed by atoms with Gasteiger partial charge in [0.25, 0.3) is 0 Å². The molecule has 1 aliphatic rings. The van der Waals surface area contributed by atoms with Gasteiger partial charge in [0.15, 0.2) is 0 Å². The van der Waals surface area contributed by atoms with Crippen LogP contribution in [-0.2, 0) is 0 Å². The first-order valence-corrected chi connectivity index (χ1v) is 7.25. The van der Waals surface area contributed by atoms with Crippen molar-refractivity contribution in [2.45, 2.75) is 58.9 Å². The molecule has 0 atom stereocenters. The van der Waals surface area contributed by atoms with Gasteiger partial charge in [-0.05, 0) is 45.4 Å². The van der Waals surface area contributed by atoms with E-state index in [0.717, 1.165) is 23.1 Å². The molecule has 0 spiro atoms. The Morgan fingerprint density at radius 2 is 1.83 bits per heavy atom. The summed E-state index contributed by atoms with van der Waals surface area (Å²) >= 11 is 6.09. The fourth-order valence-corrected chi connectivity index (χ4v) is 2.85. The zero-order chi connectivity index (χ0) is 13.1. The Bertz CT molecular complexity index is 412. The number of aromatic nitrogens is 2. The minimum Gasteiger partial charge on any atom is -0.367 e. The Balaban J connectivity index is 2.02. The van der Waals surface area contributed by atoms with E-state index in [-0.39, 0.29) is 0 Å². The molecule has 1 saturated carbocycles. The second kappa shape index (κ2) is 5.87. The summed E-state index contributed by atoms with van der Waals surface area (Å²) in [5.74, 6) is 2.56. The molecule has 0 aliphatic heterocycles. The molecule has 3 nitrogen and oxygen atoms in total. The van der Waals surface area contributed by atoms with Crippen LogP contribution in [-0.4, -0.2) is 16.0 Å². The van der Waals surface area contributed by atoms with E-state index in [4.69, 9.17) is 11.6 Å². The number of hydrogen-bond donors (Lipinski definition) is 1. The van der Waals surface area contributed by atoms with Gasteiger partial charge in [-0.25, -0.2) is 9.97 Å². The third-order valence-electron chi connectivity index (χ3n) is 3.96. The van der Waals surface area contributed by atoms with E-state index < -0.39 is 0 Å². The van der Waals surface area contributed by atoms with Crippen LogP contribution < -0.4 is 5.32 Å². The molecule has 0 saturated heterocycles. The van der Waals surface area contributed by atoms with Crippen LogP contribution in [0.15, 0.2) is 0 Å². The predicted octanol–water partition coefficient (Wildman–Crippen LogP) is 4.13.